The van der Waals surface area contributed by atoms with Crippen molar-refractivity contribution in [1.29, 1.82) is 0 Å². The van der Waals surface area contributed by atoms with Crippen LogP contribution in [0.4, 0.5) is 0 Å². The topological polar surface area (TPSA) is 185 Å². The molecule has 0 heterocycles. The third-order valence-corrected chi connectivity index (χ3v) is 5.57. The van der Waals surface area contributed by atoms with Gasteiger partial charge in [0.25, 0.3) is 0 Å². The van der Waals surface area contributed by atoms with Crippen molar-refractivity contribution < 1.29 is 71.6 Å². The van der Waals surface area contributed by atoms with E-state index in [2.05, 4.69) is 5.32 Å². The standard InChI is InChI=1S/C32H61NO15/c1-32(2,3)48-31(37)7-10-39-12-14-41-16-18-43-20-22-45-24-26-47-28-27-46-25-23-44-21-19-42-17-15-40-13-11-38-9-4-8-33-29(34)5-6-30(35)36/h4-28H2,1-3H3,(H,33,34)(H,35,36). The maximum atomic E-state index is 11.6. The summed E-state index contributed by atoms with van der Waals surface area (Å²) in [4.78, 5) is 33.3. The van der Waals surface area contributed by atoms with Crippen LogP contribution >= 0.6 is 0 Å². The van der Waals surface area contributed by atoms with E-state index in [1.165, 1.54) is 0 Å². The van der Waals surface area contributed by atoms with Crippen LogP contribution in [-0.4, -0.2) is 167 Å². The van der Waals surface area contributed by atoms with Gasteiger partial charge in [0.1, 0.15) is 5.60 Å². The highest BCUT2D eigenvalue weighted by Gasteiger charge is 2.15. The average molecular weight is 700 g/mol. The molecule has 16 nitrogen and oxygen atoms in total. The van der Waals surface area contributed by atoms with E-state index >= 15 is 0 Å². The largest absolute Gasteiger partial charge is 0.481 e. The molecule has 0 aromatic carbocycles. The Hall–Kier alpha value is -1.99. The zero-order chi connectivity index (χ0) is 35.4. The minimum absolute atomic E-state index is 0.0132. The van der Waals surface area contributed by atoms with Gasteiger partial charge in [-0.25, -0.2) is 0 Å². The molecule has 0 saturated heterocycles. The number of hydrogen-bond donors (Lipinski definition) is 2. The molecule has 0 rings (SSSR count). The first-order valence-corrected chi connectivity index (χ1v) is 16.7. The second-order valence-electron chi connectivity index (χ2n) is 11.1. The second-order valence-corrected chi connectivity index (χ2v) is 11.1. The molecule has 0 aromatic rings. The van der Waals surface area contributed by atoms with E-state index in [1.807, 2.05) is 20.8 Å². The molecule has 0 aromatic heterocycles. The summed E-state index contributed by atoms with van der Waals surface area (Å²) in [5.41, 5.74) is -0.480. The summed E-state index contributed by atoms with van der Waals surface area (Å²) < 4.78 is 59.5. The Morgan fingerprint density at radius 1 is 0.458 bits per heavy atom. The molecular weight excluding hydrogens is 638 g/mol. The van der Waals surface area contributed by atoms with Crippen LogP contribution in [-0.2, 0) is 66.5 Å². The highest BCUT2D eigenvalue weighted by molar-refractivity contribution is 5.80. The maximum Gasteiger partial charge on any atom is 0.308 e. The van der Waals surface area contributed by atoms with Crippen LogP contribution in [0.25, 0.3) is 0 Å². The van der Waals surface area contributed by atoms with Crippen LogP contribution in [0.15, 0.2) is 0 Å². The smallest absolute Gasteiger partial charge is 0.308 e. The fourth-order valence-corrected chi connectivity index (χ4v) is 3.34. The number of ether oxygens (including phenoxy) is 11. The lowest BCUT2D eigenvalue weighted by Gasteiger charge is -2.19. The van der Waals surface area contributed by atoms with Crippen LogP contribution in [0, 0.1) is 0 Å². The lowest BCUT2D eigenvalue weighted by Crippen LogP contribution is -2.25. The summed E-state index contributed by atoms with van der Waals surface area (Å²) in [6.45, 7) is 15.1. The van der Waals surface area contributed by atoms with Crippen LogP contribution in [0.2, 0.25) is 0 Å². The van der Waals surface area contributed by atoms with Gasteiger partial charge < -0.3 is 62.5 Å². The van der Waals surface area contributed by atoms with E-state index in [9.17, 15) is 14.4 Å². The molecule has 0 radical (unpaired) electrons. The third-order valence-electron chi connectivity index (χ3n) is 5.57. The minimum Gasteiger partial charge on any atom is -0.481 e. The summed E-state index contributed by atoms with van der Waals surface area (Å²) in [6, 6.07) is 0. The molecule has 0 fully saturated rings. The van der Waals surface area contributed by atoms with Crippen molar-refractivity contribution in [2.24, 2.45) is 0 Å². The summed E-state index contributed by atoms with van der Waals surface area (Å²) in [6.07, 6.45) is 0.692. The fraction of sp³-hybridized carbons (Fsp3) is 0.906. The Kier molecular flexibility index (Phi) is 33.4. The Morgan fingerprint density at radius 3 is 1.08 bits per heavy atom. The van der Waals surface area contributed by atoms with Gasteiger partial charge in [-0.3, -0.25) is 14.4 Å². The first-order valence-electron chi connectivity index (χ1n) is 16.7. The second kappa shape index (κ2) is 34.9. The van der Waals surface area contributed by atoms with Gasteiger partial charge in [-0.05, 0) is 27.2 Å². The number of hydrogen-bond acceptors (Lipinski definition) is 14. The molecule has 48 heavy (non-hydrogen) atoms. The number of esters is 1. The molecule has 0 saturated carbocycles. The van der Waals surface area contributed by atoms with E-state index in [-0.39, 0.29) is 31.1 Å². The zero-order valence-corrected chi connectivity index (χ0v) is 29.3. The zero-order valence-electron chi connectivity index (χ0n) is 29.3. The van der Waals surface area contributed by atoms with Gasteiger partial charge in [0.15, 0.2) is 0 Å². The first-order chi connectivity index (χ1) is 23.2. The monoisotopic (exact) mass is 699 g/mol. The Labute approximate surface area is 285 Å². The molecule has 0 aliphatic rings. The van der Waals surface area contributed by atoms with Gasteiger partial charge in [0, 0.05) is 19.6 Å². The molecule has 2 N–H and O–H groups in total. The number of carbonyl (C=O) groups is 3. The molecule has 1 amide bonds. The van der Waals surface area contributed by atoms with Crippen molar-refractivity contribution in [3.8, 4) is 0 Å². The number of carbonyl (C=O) groups excluding carboxylic acids is 2. The van der Waals surface area contributed by atoms with Gasteiger partial charge in [-0.15, -0.1) is 0 Å². The Morgan fingerprint density at radius 2 is 0.771 bits per heavy atom. The van der Waals surface area contributed by atoms with Crippen molar-refractivity contribution in [2.75, 3.05) is 139 Å². The number of carboxylic acid groups (broad SMARTS) is 1. The van der Waals surface area contributed by atoms with Crippen molar-refractivity contribution in [2.45, 2.75) is 52.1 Å². The van der Waals surface area contributed by atoms with Crippen molar-refractivity contribution in [1.82, 2.24) is 5.32 Å². The summed E-state index contributed by atoms with van der Waals surface area (Å²) in [5, 5.41) is 11.2. The van der Waals surface area contributed by atoms with Gasteiger partial charge in [0.2, 0.25) is 5.91 Å². The van der Waals surface area contributed by atoms with Gasteiger partial charge in [-0.1, -0.05) is 0 Å². The molecule has 0 atom stereocenters. The summed E-state index contributed by atoms with van der Waals surface area (Å²) in [7, 11) is 0. The number of amides is 1. The average Bonchev–Trinajstić information content (AvgIpc) is 3.03. The molecule has 16 heteroatoms. The Bertz CT molecular complexity index is 752. The van der Waals surface area contributed by atoms with Crippen molar-refractivity contribution in [3.63, 3.8) is 0 Å². The highest BCUT2D eigenvalue weighted by Crippen LogP contribution is 2.08. The fourth-order valence-electron chi connectivity index (χ4n) is 3.34. The predicted octanol–water partition coefficient (Wildman–Crippen LogP) is 1.26. The van der Waals surface area contributed by atoms with Gasteiger partial charge in [0.05, 0.1) is 138 Å². The molecule has 284 valence electrons. The summed E-state index contributed by atoms with van der Waals surface area (Å²) >= 11 is 0. The SMILES string of the molecule is CC(C)(C)OC(=O)CCOCCOCCOCCOCCOCCOCCOCCOCCOCCOCCCNC(=O)CCC(=O)O. The third kappa shape index (κ3) is 40.2. The molecule has 0 bridgehead atoms. The molecule has 0 aliphatic carbocycles. The number of aliphatic carboxylic acids is 1. The first kappa shape index (κ1) is 46.0. The van der Waals surface area contributed by atoms with Crippen LogP contribution in [0.3, 0.4) is 0 Å². The van der Waals surface area contributed by atoms with Crippen molar-refractivity contribution >= 4 is 17.8 Å². The molecule has 0 spiro atoms. The predicted molar refractivity (Wildman–Crippen MR) is 173 cm³/mol. The van der Waals surface area contributed by atoms with Crippen molar-refractivity contribution in [3.05, 3.63) is 0 Å². The van der Waals surface area contributed by atoms with E-state index in [4.69, 9.17) is 57.2 Å². The van der Waals surface area contributed by atoms with Gasteiger partial charge >= 0.3 is 11.9 Å². The van der Waals surface area contributed by atoms with Crippen LogP contribution < -0.4 is 5.32 Å². The number of nitrogens with one attached hydrogen (secondary N) is 1. The minimum atomic E-state index is -0.985. The maximum absolute atomic E-state index is 11.6. The lowest BCUT2D eigenvalue weighted by molar-refractivity contribution is -0.156. The molecular formula is C32H61NO15. The van der Waals surface area contributed by atoms with Crippen LogP contribution in [0.5, 0.6) is 0 Å². The van der Waals surface area contributed by atoms with E-state index < -0.39 is 11.6 Å². The lowest BCUT2D eigenvalue weighted by atomic mass is 10.2. The van der Waals surface area contributed by atoms with E-state index in [0.717, 1.165) is 0 Å². The van der Waals surface area contributed by atoms with E-state index in [1.54, 1.807) is 0 Å². The highest BCUT2D eigenvalue weighted by atomic mass is 16.6. The quantitative estimate of drug-likeness (QED) is 0.0697. The number of carboxylic acids is 1. The normalized spacial score (nSPS) is 11.6. The van der Waals surface area contributed by atoms with Gasteiger partial charge in [-0.2, -0.15) is 0 Å². The summed E-state index contributed by atoms with van der Waals surface area (Å²) in [5.74, 6) is -1.53. The molecule has 0 unspecified atom stereocenters. The number of rotatable bonds is 37. The Balaban J connectivity index is 3.13. The molecule has 0 aliphatic heterocycles. The van der Waals surface area contributed by atoms with Crippen LogP contribution in [0.1, 0.15) is 46.5 Å². The van der Waals surface area contributed by atoms with E-state index in [0.29, 0.717) is 145 Å².